The zero-order valence-electron chi connectivity index (χ0n) is 11.1. The fourth-order valence-corrected chi connectivity index (χ4v) is 3.14. The van der Waals surface area contributed by atoms with Crippen LogP contribution in [0.5, 0.6) is 0 Å². The number of hydrogen-bond acceptors (Lipinski definition) is 6. The zero-order chi connectivity index (χ0) is 13.9. The van der Waals surface area contributed by atoms with E-state index in [9.17, 15) is 0 Å². The lowest BCUT2D eigenvalue weighted by Crippen LogP contribution is -1.93. The first-order chi connectivity index (χ1) is 9.70. The second kappa shape index (κ2) is 5.64. The van der Waals surface area contributed by atoms with Crippen molar-refractivity contribution in [1.29, 1.82) is 0 Å². The molecule has 3 aromatic heterocycles. The van der Waals surface area contributed by atoms with Gasteiger partial charge in [0, 0.05) is 35.9 Å². The summed E-state index contributed by atoms with van der Waals surface area (Å²) in [5.41, 5.74) is 1.01. The van der Waals surface area contributed by atoms with Gasteiger partial charge in [0.2, 0.25) is 0 Å². The summed E-state index contributed by atoms with van der Waals surface area (Å²) in [5, 5.41) is 7.03. The number of thiazole rings is 1. The third kappa shape index (κ3) is 3.00. The summed E-state index contributed by atoms with van der Waals surface area (Å²) in [7, 11) is 1.98. The van der Waals surface area contributed by atoms with Gasteiger partial charge in [0.15, 0.2) is 10.3 Å². The molecule has 0 amide bonds. The standard InChI is InChI=1S/C13H13N5S2/c1-9-8-19-12(16-9)17-11-7-10(3-4-14-11)20-13-15-5-6-18(13)2/h3-8H,1-2H3,(H,14,16,17). The molecule has 3 rings (SSSR count). The fourth-order valence-electron chi connectivity index (χ4n) is 1.62. The molecule has 102 valence electrons. The molecule has 0 aliphatic carbocycles. The molecule has 20 heavy (non-hydrogen) atoms. The second-order valence-corrected chi connectivity index (χ2v) is 6.12. The van der Waals surface area contributed by atoms with E-state index >= 15 is 0 Å². The average Bonchev–Trinajstić information content (AvgIpc) is 3.00. The van der Waals surface area contributed by atoms with Gasteiger partial charge in [-0.15, -0.1) is 11.3 Å². The van der Waals surface area contributed by atoms with E-state index in [4.69, 9.17) is 0 Å². The molecule has 0 aliphatic heterocycles. The van der Waals surface area contributed by atoms with Crippen molar-refractivity contribution in [3.05, 3.63) is 41.8 Å². The van der Waals surface area contributed by atoms with Crippen molar-refractivity contribution in [2.45, 2.75) is 17.0 Å². The van der Waals surface area contributed by atoms with Crippen LogP contribution in [0.4, 0.5) is 10.9 Å². The van der Waals surface area contributed by atoms with E-state index in [-0.39, 0.29) is 0 Å². The summed E-state index contributed by atoms with van der Waals surface area (Å²) in [6.07, 6.45) is 5.51. The molecule has 0 spiro atoms. The number of pyridine rings is 1. The number of imidazole rings is 1. The molecular formula is C13H13N5S2. The molecule has 0 aliphatic rings. The number of aromatic nitrogens is 4. The van der Waals surface area contributed by atoms with Crippen molar-refractivity contribution in [3.63, 3.8) is 0 Å². The first kappa shape index (κ1) is 13.1. The summed E-state index contributed by atoms with van der Waals surface area (Å²) < 4.78 is 1.99. The largest absolute Gasteiger partial charge is 0.329 e. The topological polar surface area (TPSA) is 55.6 Å². The van der Waals surface area contributed by atoms with E-state index in [2.05, 4.69) is 20.3 Å². The first-order valence-corrected chi connectivity index (χ1v) is 7.71. The highest BCUT2D eigenvalue weighted by molar-refractivity contribution is 7.99. The highest BCUT2D eigenvalue weighted by atomic mass is 32.2. The average molecular weight is 303 g/mol. The van der Waals surface area contributed by atoms with Crippen LogP contribution in [-0.2, 0) is 7.05 Å². The van der Waals surface area contributed by atoms with Gasteiger partial charge in [-0.1, -0.05) is 11.8 Å². The molecule has 0 atom stereocenters. The molecule has 0 saturated carbocycles. The van der Waals surface area contributed by atoms with Crippen molar-refractivity contribution >= 4 is 34.0 Å². The van der Waals surface area contributed by atoms with E-state index in [0.717, 1.165) is 26.7 Å². The number of nitrogens with zero attached hydrogens (tertiary/aromatic N) is 4. The van der Waals surface area contributed by atoms with Crippen molar-refractivity contribution in [2.24, 2.45) is 7.05 Å². The minimum atomic E-state index is 0.790. The monoisotopic (exact) mass is 303 g/mol. The number of anilines is 2. The molecule has 5 nitrogen and oxygen atoms in total. The molecule has 0 saturated heterocycles. The van der Waals surface area contributed by atoms with Crippen molar-refractivity contribution in [1.82, 2.24) is 19.5 Å². The highest BCUT2D eigenvalue weighted by Crippen LogP contribution is 2.28. The zero-order valence-corrected chi connectivity index (χ0v) is 12.7. The number of hydrogen-bond donors (Lipinski definition) is 1. The lowest BCUT2D eigenvalue weighted by molar-refractivity contribution is 0.790. The molecule has 0 radical (unpaired) electrons. The van der Waals surface area contributed by atoms with Gasteiger partial charge in [0.05, 0.1) is 5.69 Å². The van der Waals surface area contributed by atoms with Crippen LogP contribution in [0.1, 0.15) is 5.69 Å². The summed E-state index contributed by atoms with van der Waals surface area (Å²) in [5.74, 6) is 0.790. The molecule has 0 aromatic carbocycles. The Bertz CT molecular complexity index is 719. The maximum Gasteiger partial charge on any atom is 0.188 e. The normalized spacial score (nSPS) is 10.7. The molecule has 1 N–H and O–H groups in total. The van der Waals surface area contributed by atoms with Crippen LogP contribution in [0.3, 0.4) is 0 Å². The van der Waals surface area contributed by atoms with E-state index in [1.165, 1.54) is 0 Å². The van der Waals surface area contributed by atoms with E-state index < -0.39 is 0 Å². The smallest absolute Gasteiger partial charge is 0.188 e. The van der Waals surface area contributed by atoms with Gasteiger partial charge >= 0.3 is 0 Å². The van der Waals surface area contributed by atoms with Crippen LogP contribution in [0.25, 0.3) is 0 Å². The van der Waals surface area contributed by atoms with Gasteiger partial charge < -0.3 is 9.88 Å². The lowest BCUT2D eigenvalue weighted by Gasteiger charge is -2.05. The lowest BCUT2D eigenvalue weighted by atomic mass is 10.4. The summed E-state index contributed by atoms with van der Waals surface area (Å²) >= 11 is 3.18. The maximum atomic E-state index is 4.37. The van der Waals surface area contributed by atoms with Crippen molar-refractivity contribution in [3.8, 4) is 0 Å². The maximum absolute atomic E-state index is 4.37. The van der Waals surface area contributed by atoms with Crippen LogP contribution < -0.4 is 5.32 Å². The quantitative estimate of drug-likeness (QED) is 0.799. The van der Waals surface area contributed by atoms with Crippen LogP contribution in [0.2, 0.25) is 0 Å². The van der Waals surface area contributed by atoms with Gasteiger partial charge in [-0.25, -0.2) is 15.0 Å². The minimum Gasteiger partial charge on any atom is -0.329 e. The Morgan fingerprint density at radius 2 is 2.20 bits per heavy atom. The third-order valence-corrected chi connectivity index (χ3v) is 4.51. The summed E-state index contributed by atoms with van der Waals surface area (Å²) in [6.45, 7) is 1.97. The molecular weight excluding hydrogens is 290 g/mol. The van der Waals surface area contributed by atoms with Gasteiger partial charge in [-0.2, -0.15) is 0 Å². The minimum absolute atomic E-state index is 0.790. The van der Waals surface area contributed by atoms with Crippen LogP contribution >= 0.6 is 23.1 Å². The Morgan fingerprint density at radius 3 is 2.90 bits per heavy atom. The molecule has 0 bridgehead atoms. The summed E-state index contributed by atoms with van der Waals surface area (Å²) in [6, 6.07) is 3.97. The Labute approximate surface area is 125 Å². The second-order valence-electron chi connectivity index (χ2n) is 4.22. The van der Waals surface area contributed by atoms with Crippen molar-refractivity contribution < 1.29 is 0 Å². The Kier molecular flexibility index (Phi) is 3.70. The van der Waals surface area contributed by atoms with Gasteiger partial charge in [0.1, 0.15) is 5.82 Å². The van der Waals surface area contributed by atoms with Crippen LogP contribution in [0, 0.1) is 6.92 Å². The Balaban J connectivity index is 1.77. The third-order valence-electron chi connectivity index (χ3n) is 2.57. The molecule has 3 aromatic rings. The molecule has 0 fully saturated rings. The number of aryl methyl sites for hydroxylation is 2. The molecule has 0 unspecified atom stereocenters. The van der Waals surface area contributed by atoms with E-state index in [1.807, 2.05) is 42.2 Å². The Morgan fingerprint density at radius 1 is 1.30 bits per heavy atom. The van der Waals surface area contributed by atoms with Crippen LogP contribution in [-0.4, -0.2) is 19.5 Å². The van der Waals surface area contributed by atoms with Crippen LogP contribution in [0.15, 0.2) is 46.2 Å². The predicted octanol–water partition coefficient (Wildman–Crippen LogP) is 3.47. The first-order valence-electron chi connectivity index (χ1n) is 6.01. The van der Waals surface area contributed by atoms with Gasteiger partial charge in [-0.3, -0.25) is 0 Å². The summed E-state index contributed by atoms with van der Waals surface area (Å²) in [4.78, 5) is 14.1. The van der Waals surface area contributed by atoms with Gasteiger partial charge in [-0.05, 0) is 19.1 Å². The molecule has 7 heteroatoms. The molecule has 3 heterocycles. The van der Waals surface area contributed by atoms with E-state index in [1.54, 1.807) is 35.5 Å². The Hall–Kier alpha value is -1.86. The highest BCUT2D eigenvalue weighted by Gasteiger charge is 2.05. The SMILES string of the molecule is Cc1csc(Nc2cc(Sc3nccn3C)ccn2)n1. The predicted molar refractivity (Wildman–Crippen MR) is 81.7 cm³/mol. The number of rotatable bonds is 4. The number of nitrogens with one attached hydrogen (secondary N) is 1. The van der Waals surface area contributed by atoms with Crippen molar-refractivity contribution in [2.75, 3.05) is 5.32 Å². The van der Waals surface area contributed by atoms with E-state index in [0.29, 0.717) is 0 Å². The fraction of sp³-hybridized carbons (Fsp3) is 0.154. The van der Waals surface area contributed by atoms with Gasteiger partial charge in [0.25, 0.3) is 0 Å².